The Kier molecular flexibility index (Phi) is 6.39. The zero-order valence-corrected chi connectivity index (χ0v) is 18.2. The predicted molar refractivity (Wildman–Crippen MR) is 120 cm³/mol. The maximum absolute atomic E-state index is 12.3. The second-order valence-electron chi connectivity index (χ2n) is 8.05. The molecule has 2 aliphatic rings. The molecule has 0 amide bonds. The SMILES string of the molecule is CCNC(=NCc1ccc(S(=O)(=O)NC2CC2)cc1)N1CCC(c2ccccc2)C1. The van der Waals surface area contributed by atoms with E-state index in [1.54, 1.807) is 12.1 Å². The number of aliphatic imine (C=N–C) groups is 1. The average molecular weight is 427 g/mol. The minimum absolute atomic E-state index is 0.113. The molecule has 2 N–H and O–H groups in total. The topological polar surface area (TPSA) is 73.8 Å². The maximum Gasteiger partial charge on any atom is 0.240 e. The van der Waals surface area contributed by atoms with Crippen molar-refractivity contribution < 1.29 is 8.42 Å². The Bertz CT molecular complexity index is 970. The molecule has 0 spiro atoms. The number of hydrogen-bond donors (Lipinski definition) is 2. The molecular weight excluding hydrogens is 396 g/mol. The summed E-state index contributed by atoms with van der Waals surface area (Å²) in [7, 11) is -3.41. The van der Waals surface area contributed by atoms with Crippen molar-refractivity contribution in [3.63, 3.8) is 0 Å². The lowest BCUT2D eigenvalue weighted by molar-refractivity contribution is 0.486. The van der Waals surface area contributed by atoms with Crippen LogP contribution < -0.4 is 10.0 Å². The quantitative estimate of drug-likeness (QED) is 0.527. The van der Waals surface area contributed by atoms with E-state index in [1.165, 1.54) is 5.56 Å². The third-order valence-electron chi connectivity index (χ3n) is 5.64. The maximum atomic E-state index is 12.3. The van der Waals surface area contributed by atoms with Crippen molar-refractivity contribution in [1.82, 2.24) is 14.9 Å². The van der Waals surface area contributed by atoms with Gasteiger partial charge in [0.15, 0.2) is 5.96 Å². The molecule has 30 heavy (non-hydrogen) atoms. The number of rotatable bonds is 7. The predicted octanol–water partition coefficient (Wildman–Crippen LogP) is 3.08. The Morgan fingerprint density at radius 1 is 1.07 bits per heavy atom. The Hall–Kier alpha value is -2.38. The summed E-state index contributed by atoms with van der Waals surface area (Å²) in [6.45, 7) is 5.35. The average Bonchev–Trinajstić information content (AvgIpc) is 3.42. The molecule has 0 bridgehead atoms. The van der Waals surface area contributed by atoms with E-state index >= 15 is 0 Å². The number of sulfonamides is 1. The zero-order chi connectivity index (χ0) is 21.0. The van der Waals surface area contributed by atoms with E-state index in [2.05, 4.69) is 52.2 Å². The summed E-state index contributed by atoms with van der Waals surface area (Å²) in [4.78, 5) is 7.45. The molecule has 4 rings (SSSR count). The first-order valence-electron chi connectivity index (χ1n) is 10.7. The van der Waals surface area contributed by atoms with Crippen LogP contribution in [0.4, 0.5) is 0 Å². The van der Waals surface area contributed by atoms with Gasteiger partial charge in [-0.1, -0.05) is 42.5 Å². The first-order valence-corrected chi connectivity index (χ1v) is 12.2. The van der Waals surface area contributed by atoms with Gasteiger partial charge in [0.1, 0.15) is 0 Å². The Labute approximate surface area is 179 Å². The van der Waals surface area contributed by atoms with E-state index in [4.69, 9.17) is 4.99 Å². The van der Waals surface area contributed by atoms with Crippen molar-refractivity contribution >= 4 is 16.0 Å². The highest BCUT2D eigenvalue weighted by Gasteiger charge is 2.28. The van der Waals surface area contributed by atoms with Gasteiger partial charge in [0.05, 0.1) is 11.4 Å². The molecule has 0 radical (unpaired) electrons. The van der Waals surface area contributed by atoms with Gasteiger partial charge in [0.25, 0.3) is 0 Å². The Morgan fingerprint density at radius 2 is 1.80 bits per heavy atom. The van der Waals surface area contributed by atoms with E-state index in [0.717, 1.165) is 50.4 Å². The fourth-order valence-corrected chi connectivity index (χ4v) is 5.11. The van der Waals surface area contributed by atoms with E-state index in [9.17, 15) is 8.42 Å². The fraction of sp³-hybridized carbons (Fsp3) is 0.435. The van der Waals surface area contributed by atoms with Crippen LogP contribution in [0.5, 0.6) is 0 Å². The van der Waals surface area contributed by atoms with Gasteiger partial charge in [0, 0.05) is 31.6 Å². The number of nitrogens with zero attached hydrogens (tertiary/aromatic N) is 2. The molecule has 1 aliphatic carbocycles. The molecule has 7 heteroatoms. The summed E-state index contributed by atoms with van der Waals surface area (Å²) in [6.07, 6.45) is 2.98. The lowest BCUT2D eigenvalue weighted by Crippen LogP contribution is -2.40. The molecule has 2 aromatic rings. The molecule has 1 aliphatic heterocycles. The highest BCUT2D eigenvalue weighted by atomic mass is 32.2. The Balaban J connectivity index is 1.40. The van der Waals surface area contributed by atoms with Gasteiger partial charge in [0.2, 0.25) is 10.0 Å². The number of likely N-dealkylation sites (tertiary alicyclic amines) is 1. The summed E-state index contributed by atoms with van der Waals surface area (Å²) in [5.41, 5.74) is 2.38. The smallest absolute Gasteiger partial charge is 0.240 e. The van der Waals surface area contributed by atoms with Gasteiger partial charge < -0.3 is 10.2 Å². The van der Waals surface area contributed by atoms with Crippen LogP contribution >= 0.6 is 0 Å². The van der Waals surface area contributed by atoms with E-state index in [1.807, 2.05) is 12.1 Å². The summed E-state index contributed by atoms with van der Waals surface area (Å²) >= 11 is 0. The van der Waals surface area contributed by atoms with Crippen LogP contribution in [0.15, 0.2) is 64.5 Å². The van der Waals surface area contributed by atoms with Crippen molar-refractivity contribution in [2.45, 2.75) is 49.6 Å². The minimum Gasteiger partial charge on any atom is -0.357 e. The molecule has 6 nitrogen and oxygen atoms in total. The summed E-state index contributed by atoms with van der Waals surface area (Å²) in [5, 5.41) is 3.40. The van der Waals surface area contributed by atoms with Crippen molar-refractivity contribution in [2.75, 3.05) is 19.6 Å². The van der Waals surface area contributed by atoms with Gasteiger partial charge in [-0.25, -0.2) is 18.1 Å². The fourth-order valence-electron chi connectivity index (χ4n) is 3.80. The van der Waals surface area contributed by atoms with E-state index in [0.29, 0.717) is 17.4 Å². The molecule has 1 atom stereocenters. The first kappa shape index (κ1) is 20.9. The molecule has 2 fully saturated rings. The molecule has 1 saturated carbocycles. The lowest BCUT2D eigenvalue weighted by atomic mass is 9.99. The van der Waals surface area contributed by atoms with Crippen molar-refractivity contribution in [1.29, 1.82) is 0 Å². The van der Waals surface area contributed by atoms with Crippen LogP contribution in [0, 0.1) is 0 Å². The third-order valence-corrected chi connectivity index (χ3v) is 7.17. The highest BCUT2D eigenvalue weighted by molar-refractivity contribution is 7.89. The summed E-state index contributed by atoms with van der Waals surface area (Å²) in [5.74, 6) is 1.45. The minimum atomic E-state index is -3.41. The molecule has 0 aromatic heterocycles. The first-order chi connectivity index (χ1) is 14.5. The number of benzene rings is 2. The van der Waals surface area contributed by atoms with Crippen LogP contribution in [0.1, 0.15) is 43.2 Å². The third kappa shape index (κ3) is 5.21. The summed E-state index contributed by atoms with van der Waals surface area (Å²) < 4.78 is 27.3. The molecule has 1 saturated heterocycles. The molecule has 1 unspecified atom stereocenters. The van der Waals surface area contributed by atoms with Gasteiger partial charge in [-0.05, 0) is 49.4 Å². The molecule has 160 valence electrons. The highest BCUT2D eigenvalue weighted by Crippen LogP contribution is 2.27. The number of nitrogens with one attached hydrogen (secondary N) is 2. The van der Waals surface area contributed by atoms with Gasteiger partial charge in [-0.2, -0.15) is 0 Å². The van der Waals surface area contributed by atoms with Crippen LogP contribution in [-0.4, -0.2) is 45.0 Å². The van der Waals surface area contributed by atoms with Crippen molar-refractivity contribution in [2.24, 2.45) is 4.99 Å². The second kappa shape index (κ2) is 9.18. The molecular formula is C23H30N4O2S. The number of guanidine groups is 1. The monoisotopic (exact) mass is 426 g/mol. The van der Waals surface area contributed by atoms with E-state index < -0.39 is 10.0 Å². The summed E-state index contributed by atoms with van der Waals surface area (Å²) in [6, 6.07) is 17.8. The van der Waals surface area contributed by atoms with Crippen molar-refractivity contribution in [3.05, 3.63) is 65.7 Å². The molecule has 1 heterocycles. The Morgan fingerprint density at radius 3 is 2.47 bits per heavy atom. The largest absolute Gasteiger partial charge is 0.357 e. The van der Waals surface area contributed by atoms with E-state index in [-0.39, 0.29) is 6.04 Å². The second-order valence-corrected chi connectivity index (χ2v) is 9.77. The van der Waals surface area contributed by atoms with Gasteiger partial charge in [-0.15, -0.1) is 0 Å². The zero-order valence-electron chi connectivity index (χ0n) is 17.4. The van der Waals surface area contributed by atoms with Crippen LogP contribution in [0.2, 0.25) is 0 Å². The van der Waals surface area contributed by atoms with Gasteiger partial charge in [-0.3, -0.25) is 0 Å². The van der Waals surface area contributed by atoms with Crippen LogP contribution in [0.3, 0.4) is 0 Å². The van der Waals surface area contributed by atoms with Crippen LogP contribution in [-0.2, 0) is 16.6 Å². The molecule has 2 aromatic carbocycles. The number of hydrogen-bond acceptors (Lipinski definition) is 3. The van der Waals surface area contributed by atoms with Crippen LogP contribution in [0.25, 0.3) is 0 Å². The standard InChI is InChI=1S/C23H30N4O2S/c1-2-24-23(27-15-14-20(17-27)19-6-4-3-5-7-19)25-16-18-8-12-22(13-9-18)30(28,29)26-21-10-11-21/h3-9,12-13,20-21,26H,2,10-11,14-17H2,1H3,(H,24,25). The normalized spacial score (nSPS) is 19.8. The van der Waals surface area contributed by atoms with Gasteiger partial charge >= 0.3 is 0 Å². The van der Waals surface area contributed by atoms with Crippen molar-refractivity contribution in [3.8, 4) is 0 Å². The lowest BCUT2D eigenvalue weighted by Gasteiger charge is -2.22.